The van der Waals surface area contributed by atoms with Gasteiger partial charge in [-0.3, -0.25) is 4.79 Å². The Morgan fingerprint density at radius 2 is 2.13 bits per heavy atom. The van der Waals surface area contributed by atoms with Crippen molar-refractivity contribution in [1.82, 2.24) is 9.97 Å². The second-order valence-corrected chi connectivity index (χ2v) is 8.33. The lowest BCUT2D eigenvalue weighted by Crippen LogP contribution is -2.15. The number of aryl methyl sites for hydroxylation is 1. The molecule has 1 aliphatic rings. The van der Waals surface area contributed by atoms with Crippen molar-refractivity contribution in [3.8, 4) is 11.5 Å². The first-order valence-electron chi connectivity index (χ1n) is 9.50. The number of aromatic nitrogens is 2. The fourth-order valence-electron chi connectivity index (χ4n) is 2.76. The standard InChI is InChI=1S/C21H19N3O5S2/c1-2-19-24-14(10-30-19)9-27-21(26)15-4-3-7-22-20(15)31-11-18(25)23-13-5-6-16-17(8-13)29-12-28-16/h3-8,10H,2,9,11-12H2,1H3,(H,23,25). The van der Waals surface area contributed by atoms with E-state index in [1.807, 2.05) is 12.3 Å². The lowest BCUT2D eigenvalue weighted by molar-refractivity contribution is -0.113. The Morgan fingerprint density at radius 3 is 2.97 bits per heavy atom. The number of thioether (sulfide) groups is 1. The predicted octanol–water partition coefficient (Wildman–Crippen LogP) is 3.92. The van der Waals surface area contributed by atoms with Crippen LogP contribution in [0.4, 0.5) is 5.69 Å². The average molecular weight is 458 g/mol. The predicted molar refractivity (Wildman–Crippen MR) is 117 cm³/mol. The molecule has 1 aromatic carbocycles. The molecule has 0 unspecified atom stereocenters. The van der Waals surface area contributed by atoms with Crippen LogP contribution >= 0.6 is 23.1 Å². The van der Waals surface area contributed by atoms with Crippen LogP contribution in [0.1, 0.15) is 28.0 Å². The number of nitrogens with zero attached hydrogens (tertiary/aromatic N) is 2. The molecule has 0 fully saturated rings. The summed E-state index contributed by atoms with van der Waals surface area (Å²) in [5, 5.41) is 6.11. The fraction of sp³-hybridized carbons (Fsp3) is 0.238. The third-order valence-corrected chi connectivity index (χ3v) is 6.29. The molecular weight excluding hydrogens is 438 g/mol. The zero-order valence-electron chi connectivity index (χ0n) is 16.6. The molecule has 8 nitrogen and oxygen atoms in total. The average Bonchev–Trinajstić information content (AvgIpc) is 3.45. The van der Waals surface area contributed by atoms with Gasteiger partial charge in [-0.1, -0.05) is 18.7 Å². The number of fused-ring (bicyclic) bond motifs is 1. The molecule has 0 saturated heterocycles. The molecular formula is C21H19N3O5S2. The van der Waals surface area contributed by atoms with Gasteiger partial charge >= 0.3 is 5.97 Å². The molecule has 0 radical (unpaired) electrons. The Hall–Kier alpha value is -3.11. The summed E-state index contributed by atoms with van der Waals surface area (Å²) < 4.78 is 16.0. The minimum absolute atomic E-state index is 0.0810. The normalized spacial score (nSPS) is 11.9. The third kappa shape index (κ3) is 5.33. The molecule has 0 saturated carbocycles. The van der Waals surface area contributed by atoms with Crippen molar-refractivity contribution in [2.45, 2.75) is 25.0 Å². The number of hydrogen-bond donors (Lipinski definition) is 1. The van der Waals surface area contributed by atoms with Crippen LogP contribution in [0.25, 0.3) is 0 Å². The maximum absolute atomic E-state index is 12.5. The topological polar surface area (TPSA) is 99.6 Å². The van der Waals surface area contributed by atoms with E-state index in [1.54, 1.807) is 47.9 Å². The van der Waals surface area contributed by atoms with Gasteiger partial charge in [-0.05, 0) is 30.7 Å². The number of hydrogen-bond acceptors (Lipinski definition) is 9. The Bertz CT molecular complexity index is 1100. The minimum atomic E-state index is -0.502. The maximum atomic E-state index is 12.5. The van der Waals surface area contributed by atoms with Gasteiger partial charge < -0.3 is 19.5 Å². The molecule has 31 heavy (non-hydrogen) atoms. The summed E-state index contributed by atoms with van der Waals surface area (Å²) in [6.07, 6.45) is 2.42. The molecule has 2 aromatic heterocycles. The largest absolute Gasteiger partial charge is 0.455 e. The van der Waals surface area contributed by atoms with Crippen molar-refractivity contribution in [2.24, 2.45) is 0 Å². The Morgan fingerprint density at radius 1 is 1.26 bits per heavy atom. The quantitative estimate of drug-likeness (QED) is 0.401. The number of nitrogens with one attached hydrogen (secondary N) is 1. The van der Waals surface area contributed by atoms with Gasteiger partial charge in [0.25, 0.3) is 0 Å². The number of pyridine rings is 1. The Kier molecular flexibility index (Phi) is 6.68. The summed E-state index contributed by atoms with van der Waals surface area (Å²) in [4.78, 5) is 33.5. The van der Waals surface area contributed by atoms with Crippen molar-refractivity contribution in [2.75, 3.05) is 17.9 Å². The second kappa shape index (κ2) is 9.80. The lowest BCUT2D eigenvalue weighted by atomic mass is 10.3. The van der Waals surface area contributed by atoms with Crippen molar-refractivity contribution < 1.29 is 23.8 Å². The maximum Gasteiger partial charge on any atom is 0.341 e. The van der Waals surface area contributed by atoms with Crippen LogP contribution in [0.5, 0.6) is 11.5 Å². The number of carbonyl (C=O) groups is 2. The van der Waals surface area contributed by atoms with Crippen molar-refractivity contribution in [3.05, 3.63) is 58.2 Å². The first kappa shape index (κ1) is 21.1. The van der Waals surface area contributed by atoms with E-state index in [0.717, 1.165) is 28.9 Å². The van der Waals surface area contributed by atoms with Crippen molar-refractivity contribution in [3.63, 3.8) is 0 Å². The van der Waals surface area contributed by atoms with Gasteiger partial charge in [0, 0.05) is 23.3 Å². The number of thiazole rings is 1. The van der Waals surface area contributed by atoms with Gasteiger partial charge in [0.1, 0.15) is 11.6 Å². The molecule has 1 amide bonds. The number of ether oxygens (including phenoxy) is 3. The molecule has 0 aliphatic carbocycles. The van der Waals surface area contributed by atoms with E-state index in [9.17, 15) is 9.59 Å². The van der Waals surface area contributed by atoms with E-state index >= 15 is 0 Å². The molecule has 10 heteroatoms. The molecule has 1 aliphatic heterocycles. The van der Waals surface area contributed by atoms with Gasteiger partial charge in [-0.15, -0.1) is 11.3 Å². The van der Waals surface area contributed by atoms with Gasteiger partial charge in [0.15, 0.2) is 11.5 Å². The fourth-order valence-corrected chi connectivity index (χ4v) is 4.27. The monoisotopic (exact) mass is 457 g/mol. The minimum Gasteiger partial charge on any atom is -0.455 e. The molecule has 3 heterocycles. The zero-order chi connectivity index (χ0) is 21.6. The number of anilines is 1. The highest BCUT2D eigenvalue weighted by atomic mass is 32.2. The molecule has 3 aromatic rings. The molecule has 0 spiro atoms. The summed E-state index contributed by atoms with van der Waals surface area (Å²) in [6.45, 7) is 2.29. The highest BCUT2D eigenvalue weighted by molar-refractivity contribution is 8.00. The summed E-state index contributed by atoms with van der Waals surface area (Å²) >= 11 is 2.70. The summed E-state index contributed by atoms with van der Waals surface area (Å²) in [5.41, 5.74) is 1.64. The lowest BCUT2D eigenvalue weighted by Gasteiger charge is -2.09. The van der Waals surface area contributed by atoms with E-state index in [1.165, 1.54) is 0 Å². The van der Waals surface area contributed by atoms with Crippen LogP contribution in [0.3, 0.4) is 0 Å². The third-order valence-electron chi connectivity index (χ3n) is 4.24. The molecule has 0 atom stereocenters. The zero-order valence-corrected chi connectivity index (χ0v) is 18.3. The Labute approximate surface area is 187 Å². The van der Waals surface area contributed by atoms with Crippen LogP contribution in [0.2, 0.25) is 0 Å². The number of carbonyl (C=O) groups excluding carboxylic acids is 2. The van der Waals surface area contributed by atoms with Crippen LogP contribution < -0.4 is 14.8 Å². The first-order valence-corrected chi connectivity index (χ1v) is 11.4. The number of benzene rings is 1. The van der Waals surface area contributed by atoms with Crippen molar-refractivity contribution in [1.29, 1.82) is 0 Å². The number of esters is 1. The summed E-state index contributed by atoms with van der Waals surface area (Å²) in [5.74, 6) is 0.581. The summed E-state index contributed by atoms with van der Waals surface area (Å²) in [7, 11) is 0. The van der Waals surface area contributed by atoms with Gasteiger partial charge in [-0.25, -0.2) is 14.8 Å². The second-order valence-electron chi connectivity index (χ2n) is 6.42. The van der Waals surface area contributed by atoms with Crippen LogP contribution in [-0.2, 0) is 22.6 Å². The highest BCUT2D eigenvalue weighted by Crippen LogP contribution is 2.34. The number of amides is 1. The van der Waals surface area contributed by atoms with Gasteiger partial charge in [0.2, 0.25) is 12.7 Å². The first-order chi connectivity index (χ1) is 15.1. The molecule has 4 rings (SSSR count). The Balaban J connectivity index is 1.33. The van der Waals surface area contributed by atoms with Gasteiger partial charge in [0.05, 0.1) is 22.0 Å². The van der Waals surface area contributed by atoms with E-state index in [4.69, 9.17) is 14.2 Å². The van der Waals surface area contributed by atoms with Gasteiger partial charge in [-0.2, -0.15) is 0 Å². The van der Waals surface area contributed by atoms with Crippen LogP contribution in [0, 0.1) is 0 Å². The van der Waals surface area contributed by atoms with E-state index in [2.05, 4.69) is 15.3 Å². The van der Waals surface area contributed by atoms with Crippen LogP contribution in [-0.4, -0.2) is 34.4 Å². The van der Waals surface area contributed by atoms with Crippen molar-refractivity contribution >= 4 is 40.7 Å². The molecule has 1 N–H and O–H groups in total. The van der Waals surface area contributed by atoms with E-state index in [0.29, 0.717) is 27.8 Å². The summed E-state index contributed by atoms with van der Waals surface area (Å²) in [6, 6.07) is 8.47. The smallest absolute Gasteiger partial charge is 0.341 e. The molecule has 160 valence electrons. The van der Waals surface area contributed by atoms with Crippen LogP contribution in [0.15, 0.2) is 46.9 Å². The number of rotatable bonds is 8. The molecule has 0 bridgehead atoms. The van der Waals surface area contributed by atoms with E-state index in [-0.39, 0.29) is 25.1 Å². The SMILES string of the molecule is CCc1nc(COC(=O)c2cccnc2SCC(=O)Nc2ccc3c(c2)OCO3)cs1. The van der Waals surface area contributed by atoms with E-state index < -0.39 is 5.97 Å². The highest BCUT2D eigenvalue weighted by Gasteiger charge is 2.17.